The second-order valence-electron chi connectivity index (χ2n) is 4.82. The smallest absolute Gasteiger partial charge is 0.277 e. The number of aromatic nitrogens is 3. The molecule has 0 saturated carbocycles. The number of anilines is 3. The van der Waals surface area contributed by atoms with Crippen molar-refractivity contribution in [3.63, 3.8) is 0 Å². The lowest BCUT2D eigenvalue weighted by Crippen LogP contribution is -2.14. The molecule has 0 aliphatic rings. The number of carbonyl (C=O) groups excluding carboxylic acids is 1. The molecule has 7 nitrogen and oxygen atoms in total. The van der Waals surface area contributed by atoms with Crippen LogP contribution in [0.25, 0.3) is 0 Å². The Morgan fingerprint density at radius 3 is 2.54 bits per heavy atom. The van der Waals surface area contributed by atoms with E-state index in [-0.39, 0.29) is 5.69 Å². The largest absolute Gasteiger partial charge is 0.360 e. The van der Waals surface area contributed by atoms with Gasteiger partial charge in [-0.3, -0.25) is 4.79 Å². The highest BCUT2D eigenvalue weighted by molar-refractivity contribution is 6.42. The van der Waals surface area contributed by atoms with Crippen LogP contribution in [0.3, 0.4) is 0 Å². The first-order valence-corrected chi connectivity index (χ1v) is 7.55. The van der Waals surface area contributed by atoms with Gasteiger partial charge in [0.2, 0.25) is 0 Å². The molecule has 2 heterocycles. The topological polar surface area (TPSA) is 92.9 Å². The highest BCUT2D eigenvalue weighted by atomic mass is 35.5. The maximum Gasteiger partial charge on any atom is 0.277 e. The molecule has 0 radical (unpaired) electrons. The van der Waals surface area contributed by atoms with Crippen LogP contribution in [0, 0.1) is 6.92 Å². The third-order valence-electron chi connectivity index (χ3n) is 2.95. The van der Waals surface area contributed by atoms with E-state index in [4.69, 9.17) is 27.7 Å². The van der Waals surface area contributed by atoms with Gasteiger partial charge in [-0.15, -0.1) is 0 Å². The summed E-state index contributed by atoms with van der Waals surface area (Å²) in [5.74, 6) is 0.939. The van der Waals surface area contributed by atoms with Crippen LogP contribution in [0.2, 0.25) is 10.0 Å². The second kappa shape index (κ2) is 6.86. The van der Waals surface area contributed by atoms with E-state index in [1.807, 2.05) is 0 Å². The van der Waals surface area contributed by atoms with Crippen molar-refractivity contribution in [3.8, 4) is 0 Å². The second-order valence-corrected chi connectivity index (χ2v) is 5.63. The van der Waals surface area contributed by atoms with E-state index >= 15 is 0 Å². The Hall–Kier alpha value is -2.64. The molecule has 2 N–H and O–H groups in total. The lowest BCUT2D eigenvalue weighted by atomic mass is 10.3. The molecular formula is C15H11Cl2N5O2. The molecule has 0 unspecified atom stereocenters. The average molecular weight is 364 g/mol. The molecule has 122 valence electrons. The van der Waals surface area contributed by atoms with Gasteiger partial charge in [0.15, 0.2) is 5.82 Å². The molecule has 0 saturated heterocycles. The summed E-state index contributed by atoms with van der Waals surface area (Å²) in [5.41, 5.74) is 0.851. The van der Waals surface area contributed by atoms with Crippen LogP contribution in [-0.2, 0) is 0 Å². The fraction of sp³-hybridized carbons (Fsp3) is 0.0667. The van der Waals surface area contributed by atoms with Crippen molar-refractivity contribution in [2.75, 3.05) is 10.6 Å². The maximum atomic E-state index is 12.0. The molecule has 0 spiro atoms. The predicted octanol–water partition coefficient (Wildman–Crippen LogP) is 4.08. The first kappa shape index (κ1) is 16.2. The standard InChI is InChI=1S/C15H11Cl2N5O2/c1-8-4-13(22-24-8)21-15(23)12-6-19-14(7-18-12)20-9-2-3-10(16)11(17)5-9/h2-7H,1H3,(H,19,20)(H,21,22,23). The molecule has 0 fully saturated rings. The average Bonchev–Trinajstić information content (AvgIpc) is 2.96. The summed E-state index contributed by atoms with van der Waals surface area (Å²) in [6.45, 7) is 1.73. The van der Waals surface area contributed by atoms with Gasteiger partial charge in [-0.1, -0.05) is 28.4 Å². The summed E-state index contributed by atoms with van der Waals surface area (Å²) in [4.78, 5) is 20.2. The third-order valence-corrected chi connectivity index (χ3v) is 3.69. The quantitative estimate of drug-likeness (QED) is 0.725. The molecule has 3 rings (SSSR count). The monoisotopic (exact) mass is 363 g/mol. The van der Waals surface area contributed by atoms with Gasteiger partial charge in [0.1, 0.15) is 17.3 Å². The van der Waals surface area contributed by atoms with E-state index in [0.717, 1.165) is 0 Å². The fourth-order valence-electron chi connectivity index (χ4n) is 1.84. The van der Waals surface area contributed by atoms with Crippen LogP contribution in [0.1, 0.15) is 16.2 Å². The Morgan fingerprint density at radius 2 is 1.92 bits per heavy atom. The van der Waals surface area contributed by atoms with Crippen LogP contribution in [0.5, 0.6) is 0 Å². The van der Waals surface area contributed by atoms with Crippen LogP contribution in [0.4, 0.5) is 17.3 Å². The zero-order valence-electron chi connectivity index (χ0n) is 12.4. The minimum atomic E-state index is -0.433. The molecule has 3 aromatic rings. The highest BCUT2D eigenvalue weighted by Gasteiger charge is 2.11. The number of carbonyl (C=O) groups is 1. The van der Waals surface area contributed by atoms with E-state index in [0.29, 0.717) is 33.1 Å². The van der Waals surface area contributed by atoms with Crippen molar-refractivity contribution in [2.24, 2.45) is 0 Å². The van der Waals surface area contributed by atoms with Crippen molar-refractivity contribution >= 4 is 46.4 Å². The summed E-state index contributed by atoms with van der Waals surface area (Å²) < 4.78 is 4.87. The molecular weight excluding hydrogens is 353 g/mol. The van der Waals surface area contributed by atoms with Crippen LogP contribution >= 0.6 is 23.2 Å². The molecule has 9 heteroatoms. The molecule has 2 aromatic heterocycles. The van der Waals surface area contributed by atoms with E-state index in [2.05, 4.69) is 25.8 Å². The van der Waals surface area contributed by atoms with Gasteiger partial charge < -0.3 is 15.2 Å². The van der Waals surface area contributed by atoms with E-state index in [9.17, 15) is 4.79 Å². The summed E-state index contributed by atoms with van der Waals surface area (Å²) in [6.07, 6.45) is 2.79. The summed E-state index contributed by atoms with van der Waals surface area (Å²) in [6, 6.07) is 6.69. The molecule has 0 atom stereocenters. The van der Waals surface area contributed by atoms with E-state index in [1.165, 1.54) is 12.4 Å². The van der Waals surface area contributed by atoms with Crippen molar-refractivity contribution in [1.82, 2.24) is 15.1 Å². The first-order valence-electron chi connectivity index (χ1n) is 6.80. The first-order chi connectivity index (χ1) is 11.5. The zero-order chi connectivity index (χ0) is 17.1. The number of amides is 1. The summed E-state index contributed by atoms with van der Waals surface area (Å²) in [5, 5.41) is 10.1. The summed E-state index contributed by atoms with van der Waals surface area (Å²) >= 11 is 11.8. The fourth-order valence-corrected chi connectivity index (χ4v) is 2.14. The van der Waals surface area contributed by atoms with Gasteiger partial charge in [-0.05, 0) is 25.1 Å². The molecule has 1 aromatic carbocycles. The molecule has 0 bridgehead atoms. The SMILES string of the molecule is Cc1cc(NC(=O)c2cnc(Nc3ccc(Cl)c(Cl)c3)cn2)no1. The Balaban J connectivity index is 1.68. The number of halogens is 2. The molecule has 0 aliphatic carbocycles. The molecule has 0 aliphatic heterocycles. The number of hydrogen-bond acceptors (Lipinski definition) is 6. The van der Waals surface area contributed by atoms with Gasteiger partial charge in [-0.2, -0.15) is 0 Å². The third kappa shape index (κ3) is 3.81. The van der Waals surface area contributed by atoms with E-state index in [1.54, 1.807) is 31.2 Å². The predicted molar refractivity (Wildman–Crippen MR) is 91.0 cm³/mol. The lowest BCUT2D eigenvalue weighted by molar-refractivity contribution is 0.102. The van der Waals surface area contributed by atoms with Gasteiger partial charge in [0.25, 0.3) is 5.91 Å². The van der Waals surface area contributed by atoms with Crippen LogP contribution < -0.4 is 10.6 Å². The minimum absolute atomic E-state index is 0.148. The van der Waals surface area contributed by atoms with Gasteiger partial charge in [-0.25, -0.2) is 9.97 Å². The number of nitrogens with one attached hydrogen (secondary N) is 2. The Labute approximate surface area is 147 Å². The van der Waals surface area contributed by atoms with E-state index < -0.39 is 5.91 Å². The highest BCUT2D eigenvalue weighted by Crippen LogP contribution is 2.26. The number of nitrogens with zero attached hydrogens (tertiary/aromatic N) is 3. The Bertz CT molecular complexity index is 880. The zero-order valence-corrected chi connectivity index (χ0v) is 13.9. The summed E-state index contributed by atoms with van der Waals surface area (Å²) in [7, 11) is 0. The maximum absolute atomic E-state index is 12.0. The Kier molecular flexibility index (Phi) is 4.64. The number of hydrogen-bond donors (Lipinski definition) is 2. The molecule has 24 heavy (non-hydrogen) atoms. The van der Waals surface area contributed by atoms with Crippen molar-refractivity contribution in [3.05, 3.63) is 58.2 Å². The number of benzene rings is 1. The van der Waals surface area contributed by atoms with Crippen LogP contribution in [0.15, 0.2) is 41.2 Å². The minimum Gasteiger partial charge on any atom is -0.360 e. The van der Waals surface area contributed by atoms with Crippen LogP contribution in [-0.4, -0.2) is 21.0 Å². The number of rotatable bonds is 4. The number of aryl methyl sites for hydroxylation is 1. The Morgan fingerprint density at radius 1 is 1.08 bits per heavy atom. The van der Waals surface area contributed by atoms with Gasteiger partial charge in [0.05, 0.1) is 22.4 Å². The van der Waals surface area contributed by atoms with Crippen molar-refractivity contribution < 1.29 is 9.32 Å². The lowest BCUT2D eigenvalue weighted by Gasteiger charge is -2.07. The molecule has 1 amide bonds. The normalized spacial score (nSPS) is 10.5. The van der Waals surface area contributed by atoms with Gasteiger partial charge >= 0.3 is 0 Å². The van der Waals surface area contributed by atoms with Crippen molar-refractivity contribution in [2.45, 2.75) is 6.92 Å². The van der Waals surface area contributed by atoms with Crippen molar-refractivity contribution in [1.29, 1.82) is 0 Å². The van der Waals surface area contributed by atoms with Gasteiger partial charge in [0, 0.05) is 11.8 Å².